The Balaban J connectivity index is 0.000000287. The summed E-state index contributed by atoms with van der Waals surface area (Å²) in [6.07, 6.45) is 11.2. The minimum absolute atomic E-state index is 0.271. The van der Waals surface area contributed by atoms with Crippen LogP contribution in [0, 0.1) is 34.0 Å². The van der Waals surface area contributed by atoms with Gasteiger partial charge in [-0.1, -0.05) is 36.4 Å². The van der Waals surface area contributed by atoms with E-state index in [0.29, 0.717) is 121 Å². The fourth-order valence-corrected chi connectivity index (χ4v) is 14.8. The number of fused-ring (bicyclic) bond motifs is 3. The number of nitriles is 3. The maximum absolute atomic E-state index is 11.3. The van der Waals surface area contributed by atoms with E-state index in [1.807, 2.05) is 96.0 Å². The molecule has 0 bridgehead atoms. The molecule has 23 heteroatoms. The number of ether oxygens (including phenoxy) is 2. The number of nitrogens with zero attached hydrogens (tertiary/aromatic N) is 9. The number of para-hydroxylation sites is 2. The summed E-state index contributed by atoms with van der Waals surface area (Å²) in [5.41, 5.74) is 5.30. The van der Waals surface area contributed by atoms with E-state index in [0.717, 1.165) is 77.5 Å². The molecule has 20 nitrogen and oxygen atoms in total. The largest absolute Gasteiger partial charge is 0.377 e. The maximum Gasteiger partial charge on any atom is 0.259 e. The van der Waals surface area contributed by atoms with Gasteiger partial charge in [0.15, 0.2) is 12.6 Å². The van der Waals surface area contributed by atoms with Gasteiger partial charge in [0.25, 0.3) is 25.6 Å². The van der Waals surface area contributed by atoms with Crippen molar-refractivity contribution >= 4 is 77.1 Å². The Morgan fingerprint density at radius 1 is 0.427 bits per heavy atom. The number of aldehydes is 3. The van der Waals surface area contributed by atoms with Crippen molar-refractivity contribution in [3.63, 3.8) is 0 Å². The average molecular weight is 1280 g/mol. The second kappa shape index (κ2) is 42.6. The van der Waals surface area contributed by atoms with Crippen LogP contribution in [-0.4, -0.2) is 149 Å². The number of aryl methyl sites for hydroxylation is 2. The zero-order valence-electron chi connectivity index (χ0n) is 54.4. The zero-order chi connectivity index (χ0) is 65.1. The summed E-state index contributed by atoms with van der Waals surface area (Å²) >= 11 is 0. The summed E-state index contributed by atoms with van der Waals surface area (Å²) in [7, 11) is -3.64. The Kier molecular flexibility index (Phi) is 36.4. The number of rotatable bonds is 41. The molecule has 3 heterocycles. The molecule has 0 aliphatic carbocycles. The molecule has 3 aromatic carbocycles. The minimum atomic E-state index is -1.24. The van der Waals surface area contributed by atoms with Crippen LogP contribution in [0.2, 0.25) is 0 Å². The number of benzene rings is 3. The molecule has 0 saturated carbocycles. The number of aromatic nitrogens is 3. The van der Waals surface area contributed by atoms with Crippen LogP contribution in [0.4, 0.5) is 0 Å². The second-order valence-corrected chi connectivity index (χ2v) is 26.7. The molecule has 0 saturated heterocycles. The van der Waals surface area contributed by atoms with Crippen molar-refractivity contribution in [3.8, 4) is 18.2 Å². The fraction of sp³-hybridized carbons (Fsp3) is 0.545. The van der Waals surface area contributed by atoms with E-state index in [2.05, 4.69) is 124 Å². The van der Waals surface area contributed by atoms with E-state index < -0.39 is 25.6 Å². The molecule has 0 radical (unpaired) electrons. The summed E-state index contributed by atoms with van der Waals surface area (Å²) in [4.78, 5) is 33.5. The summed E-state index contributed by atoms with van der Waals surface area (Å²) in [5, 5.41) is 29.3. The predicted molar refractivity (Wildman–Crippen MR) is 356 cm³/mol. The normalized spacial score (nSPS) is 12.7. The van der Waals surface area contributed by atoms with Gasteiger partial charge in [-0.25, -0.2) is 14.0 Å². The molecule has 0 aliphatic rings. The molecule has 0 N–H and O–H groups in total. The lowest BCUT2D eigenvalue weighted by atomic mass is 10.2. The first-order valence-electron chi connectivity index (χ1n) is 30.9. The number of hydrogen-bond donors (Lipinski definition) is 0. The van der Waals surface area contributed by atoms with Gasteiger partial charge >= 0.3 is 0 Å². The first-order valence-corrected chi connectivity index (χ1v) is 34.2. The van der Waals surface area contributed by atoms with Gasteiger partial charge in [-0.2, -0.15) is 15.8 Å². The Morgan fingerprint density at radius 3 is 1.22 bits per heavy atom. The van der Waals surface area contributed by atoms with E-state index in [1.54, 1.807) is 0 Å². The van der Waals surface area contributed by atoms with Gasteiger partial charge in [0.1, 0.15) is 6.29 Å². The van der Waals surface area contributed by atoms with Crippen molar-refractivity contribution in [2.75, 3.05) is 66.1 Å². The van der Waals surface area contributed by atoms with Gasteiger partial charge in [-0.05, 0) is 132 Å². The number of hydrogen-bond acceptors (Lipinski definition) is 17. The van der Waals surface area contributed by atoms with Crippen molar-refractivity contribution in [2.24, 2.45) is 0 Å². The van der Waals surface area contributed by atoms with Crippen molar-refractivity contribution in [2.45, 2.75) is 171 Å². The van der Waals surface area contributed by atoms with Crippen molar-refractivity contribution < 1.29 is 51.0 Å². The Morgan fingerprint density at radius 2 is 0.809 bits per heavy atom. The van der Waals surface area contributed by atoms with Crippen LogP contribution in [0.5, 0.6) is 0 Å². The SMILES string of the molecule is CC(C)N(C(C)C)P(OCCC#N)OCCCn1cc(C=O)c2ccccc21.CC(C)N(C(C)C)P(OCCC#N)OCCCn1ccc2cc(C=O)ccc21.CC(C)N(C(C)C)P(OCCC#N)OCCOCCOCCn1cc(C=O)c2ccccc21. The van der Waals surface area contributed by atoms with Gasteiger partial charge in [0.2, 0.25) is 0 Å². The van der Waals surface area contributed by atoms with Crippen LogP contribution >= 0.6 is 25.6 Å². The van der Waals surface area contributed by atoms with Gasteiger partial charge in [0, 0.05) is 124 Å². The smallest absolute Gasteiger partial charge is 0.259 e. The van der Waals surface area contributed by atoms with Crippen LogP contribution in [0.3, 0.4) is 0 Å². The predicted octanol–water partition coefficient (Wildman–Crippen LogP) is 15.1. The molecule has 486 valence electrons. The lowest BCUT2D eigenvalue weighted by molar-refractivity contribution is 0.0316. The van der Waals surface area contributed by atoms with Crippen molar-refractivity contribution in [1.29, 1.82) is 15.8 Å². The molecule has 6 rings (SSSR count). The van der Waals surface area contributed by atoms with Crippen LogP contribution < -0.4 is 0 Å². The van der Waals surface area contributed by atoms with Gasteiger partial charge < -0.3 is 50.3 Å². The van der Waals surface area contributed by atoms with Crippen LogP contribution in [0.15, 0.2) is 91.4 Å². The van der Waals surface area contributed by atoms with E-state index in [9.17, 15) is 14.4 Å². The molecular formula is C66H96N9O11P3. The molecule has 0 spiro atoms. The molecule has 0 amide bonds. The molecule has 3 unspecified atom stereocenters. The quantitative estimate of drug-likeness (QED) is 0.0198. The first kappa shape index (κ1) is 76.1. The van der Waals surface area contributed by atoms with E-state index >= 15 is 0 Å². The van der Waals surface area contributed by atoms with Gasteiger partial charge in [-0.15, -0.1) is 0 Å². The Hall–Kier alpha value is -5.39. The fourth-order valence-electron chi connectivity index (χ4n) is 9.95. The third-order valence-corrected chi connectivity index (χ3v) is 19.9. The Labute approximate surface area is 532 Å². The first-order chi connectivity index (χ1) is 43.0. The Bertz CT molecular complexity index is 3110. The number of carbonyl (C=O) groups is 3. The van der Waals surface area contributed by atoms with E-state index in [4.69, 9.17) is 52.4 Å². The molecule has 6 aromatic rings. The topological polar surface area (TPSA) is 221 Å². The van der Waals surface area contributed by atoms with Crippen molar-refractivity contribution in [3.05, 3.63) is 108 Å². The monoisotopic (exact) mass is 1280 g/mol. The van der Waals surface area contributed by atoms with Crippen molar-refractivity contribution in [1.82, 2.24) is 27.7 Å². The number of carbonyl (C=O) groups excluding carboxylic acids is 3. The zero-order valence-corrected chi connectivity index (χ0v) is 57.1. The molecule has 3 aromatic heterocycles. The van der Waals surface area contributed by atoms with Crippen LogP contribution in [0.25, 0.3) is 32.7 Å². The van der Waals surface area contributed by atoms with E-state index in [1.165, 1.54) is 0 Å². The third kappa shape index (κ3) is 25.3. The molecular weight excluding hydrogens is 1190 g/mol. The van der Waals surface area contributed by atoms with Gasteiger partial charge in [-0.3, -0.25) is 14.4 Å². The van der Waals surface area contributed by atoms with Crippen LogP contribution in [-0.2, 0) is 56.3 Å². The highest BCUT2D eigenvalue weighted by atomic mass is 31.2. The maximum atomic E-state index is 11.3. The highest BCUT2D eigenvalue weighted by Crippen LogP contribution is 2.48. The summed E-state index contributed by atoms with van der Waals surface area (Å²) < 4.78 is 60.2. The highest BCUT2D eigenvalue weighted by molar-refractivity contribution is 7.45. The lowest BCUT2D eigenvalue weighted by Crippen LogP contribution is -2.34. The molecule has 0 aliphatic heterocycles. The second-order valence-electron chi connectivity index (χ2n) is 22.3. The molecule has 0 fully saturated rings. The summed E-state index contributed by atoms with van der Waals surface area (Å²) in [6, 6.07) is 31.6. The summed E-state index contributed by atoms with van der Waals surface area (Å²) in [6.45, 7) is 32.3. The molecule has 3 atom stereocenters. The average Bonchev–Trinajstić information content (AvgIpc) is 3.55. The third-order valence-electron chi connectivity index (χ3n) is 13.6. The van der Waals surface area contributed by atoms with Crippen LogP contribution in [0.1, 0.15) is 146 Å². The highest BCUT2D eigenvalue weighted by Gasteiger charge is 2.29. The lowest BCUT2D eigenvalue weighted by Gasteiger charge is -2.35. The van der Waals surface area contributed by atoms with Gasteiger partial charge in [0.05, 0.1) is 104 Å². The minimum Gasteiger partial charge on any atom is -0.377 e. The summed E-state index contributed by atoms with van der Waals surface area (Å²) in [5.74, 6) is 0. The van der Waals surface area contributed by atoms with E-state index in [-0.39, 0.29) is 24.2 Å². The molecule has 89 heavy (non-hydrogen) atoms. The standard InChI is InChI=1S/C24H36N3O5P.2C21H30N3O3P/c1-20(2)27(21(3)4)33(31-12-7-10-25)32-17-16-30-15-14-29-13-11-26-18-22(19-28)23-8-5-6-9-24(23)26;1-17(2)24(18(3)4)28(26-13-5-10-22)27-14-6-11-23-12-9-20-15-19(16-25)7-8-21(20)23;1-17(2)24(18(3)4)28(26-13-7-11-22)27-14-8-12-23-15-19(16-25)20-9-5-6-10-21(20)23/h5-6,8-9,18-21H,7,11-17H2,1-4H3;7-9,12,15-18H,5-6,11,13-14H2,1-4H3;5-6,9-10,15-18H,7-8,12-14H2,1-4H3.